The van der Waals surface area contributed by atoms with Crippen LogP contribution >= 0.6 is 0 Å². The van der Waals surface area contributed by atoms with Crippen LogP contribution in [0, 0.1) is 19.3 Å². The molecular formula is C31H25F3N2. The Morgan fingerprint density at radius 1 is 0.667 bits per heavy atom. The van der Waals surface area contributed by atoms with E-state index in [4.69, 9.17) is 9.97 Å². The summed E-state index contributed by atoms with van der Waals surface area (Å²) in [6.45, 7) is 6.60. The Morgan fingerprint density at radius 3 is 1.81 bits per heavy atom. The van der Waals surface area contributed by atoms with Gasteiger partial charge in [0.05, 0.1) is 22.1 Å². The SMILES string of the molecule is Cc1cc(C)cc(-c2cc3c4cc(CC(C)(C)C(F)(F)F)nc5cccc(c6cccc(n2)c63)c54)c1. The summed E-state index contributed by atoms with van der Waals surface area (Å²) in [6, 6.07) is 22.3. The third kappa shape index (κ3) is 3.48. The van der Waals surface area contributed by atoms with Gasteiger partial charge < -0.3 is 0 Å². The van der Waals surface area contributed by atoms with E-state index < -0.39 is 11.6 Å². The molecule has 0 N–H and O–H groups in total. The highest BCUT2D eigenvalue weighted by atomic mass is 19.4. The summed E-state index contributed by atoms with van der Waals surface area (Å²) in [4.78, 5) is 9.72. The van der Waals surface area contributed by atoms with Crippen LogP contribution in [0.15, 0.2) is 66.7 Å². The van der Waals surface area contributed by atoms with Gasteiger partial charge in [-0.1, -0.05) is 55.3 Å². The molecule has 6 rings (SSSR count). The summed E-state index contributed by atoms with van der Waals surface area (Å²) in [5.41, 5.74) is 4.32. The number of alkyl halides is 3. The summed E-state index contributed by atoms with van der Waals surface area (Å²) >= 11 is 0. The highest BCUT2D eigenvalue weighted by Gasteiger charge is 2.47. The predicted octanol–water partition coefficient (Wildman–Crippen LogP) is 8.94. The molecule has 0 spiro atoms. The van der Waals surface area contributed by atoms with Gasteiger partial charge in [0.1, 0.15) is 0 Å². The van der Waals surface area contributed by atoms with E-state index in [1.54, 1.807) is 0 Å². The number of fused-ring (bicyclic) bond motifs is 2. The quantitative estimate of drug-likeness (QED) is 0.186. The lowest BCUT2D eigenvalue weighted by Gasteiger charge is -2.27. The van der Waals surface area contributed by atoms with Gasteiger partial charge in [0.15, 0.2) is 0 Å². The molecule has 0 radical (unpaired) electrons. The number of pyridine rings is 2. The summed E-state index contributed by atoms with van der Waals surface area (Å²) in [5.74, 6) is 0. The molecule has 36 heavy (non-hydrogen) atoms. The number of hydrogen-bond donors (Lipinski definition) is 0. The Bertz CT molecular complexity index is 1780. The minimum Gasteiger partial charge on any atom is -0.253 e. The summed E-state index contributed by atoms with van der Waals surface area (Å²) in [6.07, 6.45) is -4.51. The van der Waals surface area contributed by atoms with Crippen molar-refractivity contribution in [3.05, 3.63) is 83.6 Å². The maximum atomic E-state index is 13.7. The molecule has 2 nitrogen and oxygen atoms in total. The Balaban J connectivity index is 1.72. The van der Waals surface area contributed by atoms with Crippen LogP contribution in [0.5, 0.6) is 0 Å². The molecule has 0 aliphatic heterocycles. The molecule has 0 fully saturated rings. The number of rotatable bonds is 3. The van der Waals surface area contributed by atoms with Crippen LogP contribution in [0.25, 0.3) is 54.6 Å². The van der Waals surface area contributed by atoms with Crippen molar-refractivity contribution in [2.24, 2.45) is 5.41 Å². The standard InChI is InChI=1S/C31H25F3N2/c1-17-11-18(2)13-19(12-17)27-15-24-23-14-20(16-30(3,4)31(32,33)34)35-25-9-5-7-21(28(23)25)22-8-6-10-26(36-27)29(22)24/h5-15H,16H2,1-4H3. The van der Waals surface area contributed by atoms with Crippen LogP contribution in [0.2, 0.25) is 0 Å². The second kappa shape index (κ2) is 7.63. The van der Waals surface area contributed by atoms with Crippen molar-refractivity contribution < 1.29 is 13.2 Å². The van der Waals surface area contributed by atoms with Crippen LogP contribution in [0.1, 0.15) is 30.7 Å². The van der Waals surface area contributed by atoms with Gasteiger partial charge >= 0.3 is 6.18 Å². The minimum absolute atomic E-state index is 0.191. The van der Waals surface area contributed by atoms with Crippen molar-refractivity contribution in [2.75, 3.05) is 0 Å². The van der Waals surface area contributed by atoms with E-state index in [0.29, 0.717) is 11.2 Å². The zero-order chi connectivity index (χ0) is 25.4. The van der Waals surface area contributed by atoms with Crippen LogP contribution in [-0.4, -0.2) is 16.1 Å². The van der Waals surface area contributed by atoms with Crippen molar-refractivity contribution in [3.63, 3.8) is 0 Å². The summed E-state index contributed by atoms with van der Waals surface area (Å²) in [5, 5.41) is 6.02. The van der Waals surface area contributed by atoms with Gasteiger partial charge in [-0.05, 0) is 71.8 Å². The molecule has 5 heteroatoms. The molecule has 0 unspecified atom stereocenters. The van der Waals surface area contributed by atoms with Crippen molar-refractivity contribution in [1.82, 2.24) is 9.97 Å². The number of nitrogens with zero attached hydrogens (tertiary/aromatic N) is 2. The van der Waals surface area contributed by atoms with Gasteiger partial charge in [0, 0.05) is 28.5 Å². The fourth-order valence-electron chi connectivity index (χ4n) is 5.42. The number of benzene rings is 4. The Hall–Kier alpha value is -3.73. The third-order valence-electron chi connectivity index (χ3n) is 7.21. The van der Waals surface area contributed by atoms with Gasteiger partial charge in [-0.3, -0.25) is 4.98 Å². The molecule has 2 aromatic heterocycles. The smallest absolute Gasteiger partial charge is 0.253 e. The maximum absolute atomic E-state index is 13.7. The fraction of sp³-hybridized carbons (Fsp3) is 0.226. The zero-order valence-electron chi connectivity index (χ0n) is 20.6. The first-order valence-corrected chi connectivity index (χ1v) is 12.0. The highest BCUT2D eigenvalue weighted by molar-refractivity contribution is 6.32. The van der Waals surface area contributed by atoms with Crippen LogP contribution in [0.4, 0.5) is 13.2 Å². The molecule has 0 aliphatic carbocycles. The van der Waals surface area contributed by atoms with Crippen molar-refractivity contribution in [3.8, 4) is 11.3 Å². The van der Waals surface area contributed by atoms with E-state index in [0.717, 1.165) is 60.2 Å². The van der Waals surface area contributed by atoms with Gasteiger partial charge in [-0.2, -0.15) is 13.2 Å². The Morgan fingerprint density at radius 2 is 1.22 bits per heavy atom. The van der Waals surface area contributed by atoms with Crippen LogP contribution in [-0.2, 0) is 6.42 Å². The van der Waals surface area contributed by atoms with E-state index in [-0.39, 0.29) is 6.42 Å². The molecule has 0 saturated carbocycles. The van der Waals surface area contributed by atoms with E-state index >= 15 is 0 Å². The topological polar surface area (TPSA) is 25.8 Å². The maximum Gasteiger partial charge on any atom is 0.394 e. The normalized spacial score (nSPS) is 13.0. The Labute approximate surface area is 207 Å². The second-order valence-electron chi connectivity index (χ2n) is 10.6. The average molecular weight is 483 g/mol. The summed E-state index contributed by atoms with van der Waals surface area (Å²) in [7, 11) is 0. The molecular weight excluding hydrogens is 457 g/mol. The molecule has 0 bridgehead atoms. The van der Waals surface area contributed by atoms with E-state index in [2.05, 4.69) is 50.2 Å². The number of aryl methyl sites for hydroxylation is 2. The van der Waals surface area contributed by atoms with Gasteiger partial charge in [0.2, 0.25) is 0 Å². The molecule has 2 heterocycles. The number of aromatic nitrogens is 2. The van der Waals surface area contributed by atoms with E-state index in [1.807, 2.05) is 30.3 Å². The molecule has 6 aromatic rings. The van der Waals surface area contributed by atoms with Crippen molar-refractivity contribution in [1.29, 1.82) is 0 Å². The first-order valence-electron chi connectivity index (χ1n) is 12.0. The molecule has 0 aliphatic rings. The number of hydrogen-bond acceptors (Lipinski definition) is 2. The van der Waals surface area contributed by atoms with Gasteiger partial charge in [0.25, 0.3) is 0 Å². The highest BCUT2D eigenvalue weighted by Crippen LogP contribution is 2.43. The minimum atomic E-state index is -4.32. The molecule has 0 amide bonds. The summed E-state index contributed by atoms with van der Waals surface area (Å²) < 4.78 is 41.2. The second-order valence-corrected chi connectivity index (χ2v) is 10.6. The van der Waals surface area contributed by atoms with Crippen molar-refractivity contribution in [2.45, 2.75) is 40.3 Å². The Kier molecular flexibility index (Phi) is 4.82. The zero-order valence-corrected chi connectivity index (χ0v) is 20.6. The molecule has 0 saturated heterocycles. The van der Waals surface area contributed by atoms with E-state index in [9.17, 15) is 13.2 Å². The largest absolute Gasteiger partial charge is 0.394 e. The van der Waals surface area contributed by atoms with Crippen molar-refractivity contribution >= 4 is 43.4 Å². The van der Waals surface area contributed by atoms with Crippen LogP contribution < -0.4 is 0 Å². The molecule has 180 valence electrons. The first-order chi connectivity index (χ1) is 17.0. The molecule has 0 atom stereocenters. The lowest BCUT2D eigenvalue weighted by Crippen LogP contribution is -2.34. The predicted molar refractivity (Wildman–Crippen MR) is 142 cm³/mol. The van der Waals surface area contributed by atoms with Crippen LogP contribution in [0.3, 0.4) is 0 Å². The third-order valence-corrected chi connectivity index (χ3v) is 7.21. The lowest BCUT2D eigenvalue weighted by molar-refractivity contribution is -0.211. The first kappa shape index (κ1) is 22.7. The average Bonchev–Trinajstić information content (AvgIpc) is 2.80. The molecule has 4 aromatic carbocycles. The lowest BCUT2D eigenvalue weighted by atomic mass is 9.85. The monoisotopic (exact) mass is 482 g/mol. The number of halogens is 3. The van der Waals surface area contributed by atoms with Gasteiger partial charge in [-0.15, -0.1) is 0 Å². The van der Waals surface area contributed by atoms with E-state index in [1.165, 1.54) is 13.8 Å². The fourth-order valence-corrected chi connectivity index (χ4v) is 5.42. The van der Waals surface area contributed by atoms with Gasteiger partial charge in [-0.25, -0.2) is 4.98 Å².